The molecule has 1 aromatic rings. The molecule has 0 radical (unpaired) electrons. The van der Waals surface area contributed by atoms with Gasteiger partial charge in [-0.15, -0.1) is 0 Å². The molecule has 5 heteroatoms. The molecule has 0 aromatic carbocycles. The molecule has 0 bridgehead atoms. The third kappa shape index (κ3) is 4.86. The molecule has 1 saturated heterocycles. The number of nitrogens with zero attached hydrogens (tertiary/aromatic N) is 1. The summed E-state index contributed by atoms with van der Waals surface area (Å²) in [6, 6.07) is 3.61. The summed E-state index contributed by atoms with van der Waals surface area (Å²) in [7, 11) is 0. The summed E-state index contributed by atoms with van der Waals surface area (Å²) < 4.78 is 5.24. The Kier molecular flexibility index (Phi) is 6.26. The van der Waals surface area contributed by atoms with Gasteiger partial charge in [0.15, 0.2) is 0 Å². The van der Waals surface area contributed by atoms with Crippen LogP contribution in [0, 0.1) is 5.92 Å². The molecule has 1 aliphatic rings. The summed E-state index contributed by atoms with van der Waals surface area (Å²) in [4.78, 5) is 14.5. The Balaban J connectivity index is 1.80. The van der Waals surface area contributed by atoms with E-state index in [-0.39, 0.29) is 11.9 Å². The summed E-state index contributed by atoms with van der Waals surface area (Å²) in [5.41, 5.74) is 0. The molecule has 1 aliphatic heterocycles. The highest BCUT2D eigenvalue weighted by molar-refractivity contribution is 5.81. The van der Waals surface area contributed by atoms with Gasteiger partial charge >= 0.3 is 0 Å². The maximum Gasteiger partial charge on any atom is 0.237 e. The monoisotopic (exact) mass is 293 g/mol. The summed E-state index contributed by atoms with van der Waals surface area (Å²) in [5.74, 6) is 1.56. The molecule has 0 aliphatic carbocycles. The smallest absolute Gasteiger partial charge is 0.237 e. The molecule has 1 amide bonds. The number of carbonyl (C=O) groups excluding carboxylic acids is 1. The minimum absolute atomic E-state index is 0.0715. The molecule has 1 atom stereocenters. The van der Waals surface area contributed by atoms with E-state index < -0.39 is 0 Å². The molecule has 0 saturated carbocycles. The van der Waals surface area contributed by atoms with Crippen LogP contribution in [-0.4, -0.2) is 43.0 Å². The Morgan fingerprint density at radius 1 is 1.52 bits per heavy atom. The van der Waals surface area contributed by atoms with E-state index in [0.717, 1.165) is 31.9 Å². The lowest BCUT2D eigenvalue weighted by molar-refractivity contribution is -0.126. The molecule has 21 heavy (non-hydrogen) atoms. The van der Waals surface area contributed by atoms with Crippen molar-refractivity contribution in [3.8, 4) is 0 Å². The first-order valence-electron chi connectivity index (χ1n) is 7.95. The Morgan fingerprint density at radius 3 is 2.90 bits per heavy atom. The SMILES string of the molecule is CCN(CC1CCNCC1)C(C)C(=O)NCc1ccco1. The zero-order valence-corrected chi connectivity index (χ0v) is 13.1. The van der Waals surface area contributed by atoms with Crippen LogP contribution in [0.1, 0.15) is 32.4 Å². The number of nitrogens with one attached hydrogen (secondary N) is 2. The third-order valence-corrected chi connectivity index (χ3v) is 4.30. The molecule has 1 fully saturated rings. The summed E-state index contributed by atoms with van der Waals surface area (Å²) in [5, 5.41) is 6.34. The van der Waals surface area contributed by atoms with Gasteiger partial charge < -0.3 is 15.1 Å². The van der Waals surface area contributed by atoms with E-state index in [1.807, 2.05) is 19.1 Å². The summed E-state index contributed by atoms with van der Waals surface area (Å²) in [6.45, 7) is 8.68. The molecule has 2 N–H and O–H groups in total. The number of furan rings is 1. The van der Waals surface area contributed by atoms with Crippen molar-refractivity contribution < 1.29 is 9.21 Å². The van der Waals surface area contributed by atoms with Gasteiger partial charge in [0, 0.05) is 6.54 Å². The number of likely N-dealkylation sites (N-methyl/N-ethyl adjacent to an activating group) is 1. The molecular weight excluding hydrogens is 266 g/mol. The molecular formula is C16H27N3O2. The van der Waals surface area contributed by atoms with E-state index in [9.17, 15) is 4.79 Å². The third-order valence-electron chi connectivity index (χ3n) is 4.30. The Hall–Kier alpha value is -1.33. The molecule has 5 nitrogen and oxygen atoms in total. The highest BCUT2D eigenvalue weighted by Crippen LogP contribution is 2.15. The average Bonchev–Trinajstić information content (AvgIpc) is 3.04. The Labute approximate surface area is 127 Å². The van der Waals surface area contributed by atoms with Crippen LogP contribution >= 0.6 is 0 Å². The number of hydrogen-bond acceptors (Lipinski definition) is 4. The first-order valence-corrected chi connectivity index (χ1v) is 7.95. The van der Waals surface area contributed by atoms with Crippen molar-refractivity contribution in [2.75, 3.05) is 26.2 Å². The number of carbonyl (C=O) groups is 1. The van der Waals surface area contributed by atoms with Crippen LogP contribution in [0.3, 0.4) is 0 Å². The van der Waals surface area contributed by atoms with Crippen molar-refractivity contribution in [2.24, 2.45) is 5.92 Å². The number of piperidine rings is 1. The van der Waals surface area contributed by atoms with E-state index >= 15 is 0 Å². The van der Waals surface area contributed by atoms with Crippen LogP contribution < -0.4 is 10.6 Å². The van der Waals surface area contributed by atoms with Gasteiger partial charge in [-0.2, -0.15) is 0 Å². The minimum Gasteiger partial charge on any atom is -0.467 e. The lowest BCUT2D eigenvalue weighted by atomic mass is 9.97. The topological polar surface area (TPSA) is 57.5 Å². The van der Waals surface area contributed by atoms with Crippen molar-refractivity contribution in [1.29, 1.82) is 0 Å². The van der Waals surface area contributed by atoms with Gasteiger partial charge in [0.2, 0.25) is 5.91 Å². The lowest BCUT2D eigenvalue weighted by Crippen LogP contribution is -2.47. The van der Waals surface area contributed by atoms with Crippen molar-refractivity contribution in [3.63, 3.8) is 0 Å². The van der Waals surface area contributed by atoms with Gasteiger partial charge in [0.05, 0.1) is 18.8 Å². The van der Waals surface area contributed by atoms with Crippen molar-refractivity contribution >= 4 is 5.91 Å². The first kappa shape index (κ1) is 16.0. The highest BCUT2D eigenvalue weighted by atomic mass is 16.3. The molecule has 2 rings (SSSR count). The fraction of sp³-hybridized carbons (Fsp3) is 0.688. The summed E-state index contributed by atoms with van der Waals surface area (Å²) >= 11 is 0. The summed E-state index contributed by atoms with van der Waals surface area (Å²) in [6.07, 6.45) is 4.04. The number of rotatable bonds is 7. The van der Waals surface area contributed by atoms with E-state index in [4.69, 9.17) is 4.42 Å². The van der Waals surface area contributed by atoms with E-state index in [1.165, 1.54) is 12.8 Å². The second-order valence-electron chi connectivity index (χ2n) is 5.75. The Morgan fingerprint density at radius 2 is 2.29 bits per heavy atom. The number of hydrogen-bond donors (Lipinski definition) is 2. The van der Waals surface area contributed by atoms with Gasteiger partial charge in [0.1, 0.15) is 5.76 Å². The van der Waals surface area contributed by atoms with Gasteiger partial charge in [0.25, 0.3) is 0 Å². The minimum atomic E-state index is -0.0974. The van der Waals surface area contributed by atoms with Crippen molar-refractivity contribution in [2.45, 2.75) is 39.3 Å². The molecule has 1 unspecified atom stereocenters. The quantitative estimate of drug-likeness (QED) is 0.802. The van der Waals surface area contributed by atoms with Gasteiger partial charge in [-0.3, -0.25) is 9.69 Å². The van der Waals surface area contributed by atoms with Crippen LogP contribution in [0.4, 0.5) is 0 Å². The van der Waals surface area contributed by atoms with E-state index in [0.29, 0.717) is 12.5 Å². The fourth-order valence-electron chi connectivity index (χ4n) is 2.86. The molecule has 0 spiro atoms. The fourth-order valence-corrected chi connectivity index (χ4v) is 2.86. The van der Waals surface area contributed by atoms with Gasteiger partial charge in [-0.1, -0.05) is 6.92 Å². The maximum atomic E-state index is 12.3. The maximum absolute atomic E-state index is 12.3. The van der Waals surface area contributed by atoms with Crippen LogP contribution in [0.5, 0.6) is 0 Å². The van der Waals surface area contributed by atoms with E-state index in [1.54, 1.807) is 6.26 Å². The zero-order chi connectivity index (χ0) is 15.1. The first-order chi connectivity index (χ1) is 10.2. The zero-order valence-electron chi connectivity index (χ0n) is 13.1. The predicted molar refractivity (Wildman–Crippen MR) is 82.9 cm³/mol. The second-order valence-corrected chi connectivity index (χ2v) is 5.75. The molecule has 1 aromatic heterocycles. The molecule has 118 valence electrons. The van der Waals surface area contributed by atoms with Crippen LogP contribution in [0.25, 0.3) is 0 Å². The number of amides is 1. The standard InChI is InChI=1S/C16H27N3O2/c1-3-19(12-14-6-8-17-9-7-14)13(2)16(20)18-11-15-5-4-10-21-15/h4-5,10,13-14,17H,3,6-9,11-12H2,1-2H3,(H,18,20). The van der Waals surface area contributed by atoms with Gasteiger partial charge in [-0.25, -0.2) is 0 Å². The lowest BCUT2D eigenvalue weighted by Gasteiger charge is -2.32. The largest absolute Gasteiger partial charge is 0.467 e. The predicted octanol–water partition coefficient (Wildman–Crippen LogP) is 1.61. The van der Waals surface area contributed by atoms with Crippen LogP contribution in [0.2, 0.25) is 0 Å². The average molecular weight is 293 g/mol. The van der Waals surface area contributed by atoms with E-state index in [2.05, 4.69) is 22.5 Å². The van der Waals surface area contributed by atoms with Crippen LogP contribution in [0.15, 0.2) is 22.8 Å². The van der Waals surface area contributed by atoms with Crippen molar-refractivity contribution in [1.82, 2.24) is 15.5 Å². The van der Waals surface area contributed by atoms with Crippen LogP contribution in [-0.2, 0) is 11.3 Å². The van der Waals surface area contributed by atoms with Gasteiger partial charge in [-0.05, 0) is 57.5 Å². The van der Waals surface area contributed by atoms with Crippen molar-refractivity contribution in [3.05, 3.63) is 24.2 Å². The Bertz CT molecular complexity index is 413. The molecule has 2 heterocycles. The second kappa shape index (κ2) is 8.20. The normalized spacial score (nSPS) is 17.9. The highest BCUT2D eigenvalue weighted by Gasteiger charge is 2.23.